The summed E-state index contributed by atoms with van der Waals surface area (Å²) in [4.78, 5) is 22.1. The predicted octanol–water partition coefficient (Wildman–Crippen LogP) is 2.05. The molecule has 0 fully saturated rings. The van der Waals surface area contributed by atoms with Gasteiger partial charge in [0.15, 0.2) is 0 Å². The Morgan fingerprint density at radius 3 is 2.06 bits per heavy atom. The molecule has 6 heteroatoms. The van der Waals surface area contributed by atoms with E-state index in [9.17, 15) is 9.59 Å². The van der Waals surface area contributed by atoms with E-state index in [0.29, 0.717) is 6.42 Å². The molecule has 1 rings (SSSR count). The normalized spacial score (nSPS) is 12.1. The van der Waals surface area contributed by atoms with Gasteiger partial charge in [-0.15, -0.1) is 0 Å². The molecule has 0 saturated heterocycles. The van der Waals surface area contributed by atoms with Gasteiger partial charge >= 0.3 is 0 Å². The topological polar surface area (TPSA) is 86.2 Å². The summed E-state index contributed by atoms with van der Waals surface area (Å²) in [7, 11) is 0. The maximum atomic E-state index is 11.4. The third-order valence-electron chi connectivity index (χ3n) is 2.31. The Labute approximate surface area is 116 Å². The SMILES string of the molecule is NC(=O)CCC(C(N)=O)c1cc(Br)cc(Br)c1. The molecule has 0 spiro atoms. The molecule has 0 aliphatic rings. The molecular weight excluding hydrogens is 352 g/mol. The molecular formula is C11H12Br2N2O2. The average Bonchev–Trinajstić information content (AvgIpc) is 2.14. The molecule has 2 amide bonds. The zero-order valence-electron chi connectivity index (χ0n) is 8.95. The van der Waals surface area contributed by atoms with E-state index in [1.165, 1.54) is 0 Å². The first-order valence-electron chi connectivity index (χ1n) is 4.93. The molecule has 0 radical (unpaired) electrons. The van der Waals surface area contributed by atoms with Crippen molar-refractivity contribution < 1.29 is 9.59 Å². The fourth-order valence-electron chi connectivity index (χ4n) is 1.54. The van der Waals surface area contributed by atoms with Crippen molar-refractivity contribution in [3.05, 3.63) is 32.7 Å². The zero-order chi connectivity index (χ0) is 13.0. The summed E-state index contributed by atoms with van der Waals surface area (Å²) in [5.74, 6) is -1.40. The van der Waals surface area contributed by atoms with Gasteiger partial charge in [-0.3, -0.25) is 9.59 Å². The third-order valence-corrected chi connectivity index (χ3v) is 3.23. The smallest absolute Gasteiger partial charge is 0.224 e. The second-order valence-electron chi connectivity index (χ2n) is 3.66. The van der Waals surface area contributed by atoms with E-state index in [1.807, 2.05) is 6.07 Å². The van der Waals surface area contributed by atoms with Crippen LogP contribution in [0.3, 0.4) is 0 Å². The van der Waals surface area contributed by atoms with Crippen LogP contribution >= 0.6 is 31.9 Å². The number of carbonyl (C=O) groups is 2. The molecule has 0 bridgehead atoms. The molecule has 0 aliphatic carbocycles. The lowest BCUT2D eigenvalue weighted by molar-refractivity contribution is -0.120. The first kappa shape index (κ1) is 14.2. The Morgan fingerprint density at radius 1 is 1.12 bits per heavy atom. The highest BCUT2D eigenvalue weighted by atomic mass is 79.9. The van der Waals surface area contributed by atoms with Crippen molar-refractivity contribution in [1.82, 2.24) is 0 Å². The molecule has 0 heterocycles. The van der Waals surface area contributed by atoms with Crippen LogP contribution in [0.2, 0.25) is 0 Å². The molecule has 4 nitrogen and oxygen atoms in total. The highest BCUT2D eigenvalue weighted by Crippen LogP contribution is 2.27. The Morgan fingerprint density at radius 2 is 1.65 bits per heavy atom. The number of halogens is 2. The molecule has 0 aromatic heterocycles. The number of hydrogen-bond acceptors (Lipinski definition) is 2. The van der Waals surface area contributed by atoms with Crippen LogP contribution in [0.4, 0.5) is 0 Å². The van der Waals surface area contributed by atoms with Gasteiger partial charge in [0, 0.05) is 15.4 Å². The number of hydrogen-bond donors (Lipinski definition) is 2. The van der Waals surface area contributed by atoms with Gasteiger partial charge < -0.3 is 11.5 Å². The minimum Gasteiger partial charge on any atom is -0.370 e. The summed E-state index contributed by atoms with van der Waals surface area (Å²) in [6.07, 6.45) is 0.464. The monoisotopic (exact) mass is 362 g/mol. The minimum atomic E-state index is -0.503. The predicted molar refractivity (Wildman–Crippen MR) is 72.2 cm³/mol. The van der Waals surface area contributed by atoms with Gasteiger partial charge in [0.1, 0.15) is 0 Å². The number of nitrogens with two attached hydrogens (primary N) is 2. The lowest BCUT2D eigenvalue weighted by Gasteiger charge is -2.13. The molecule has 4 N–H and O–H groups in total. The minimum absolute atomic E-state index is 0.137. The van der Waals surface area contributed by atoms with Crippen LogP contribution in [0.5, 0.6) is 0 Å². The fourth-order valence-corrected chi connectivity index (χ4v) is 2.87. The summed E-state index contributed by atoms with van der Waals surface area (Å²) in [6, 6.07) is 5.47. The molecule has 1 unspecified atom stereocenters. The van der Waals surface area contributed by atoms with Crippen LogP contribution in [0.15, 0.2) is 27.1 Å². The van der Waals surface area contributed by atoms with Crippen LogP contribution in [-0.2, 0) is 9.59 Å². The van der Waals surface area contributed by atoms with Gasteiger partial charge in [0.25, 0.3) is 0 Å². The standard InChI is InChI=1S/C11H12Br2N2O2/c12-7-3-6(4-8(13)5-7)9(11(15)17)1-2-10(14)16/h3-5,9H,1-2H2,(H2,14,16)(H2,15,17). The first-order valence-corrected chi connectivity index (χ1v) is 6.52. The lowest BCUT2D eigenvalue weighted by atomic mass is 9.93. The lowest BCUT2D eigenvalue weighted by Crippen LogP contribution is -2.23. The summed E-state index contributed by atoms with van der Waals surface area (Å²) in [5, 5.41) is 0. The van der Waals surface area contributed by atoms with Crippen molar-refractivity contribution in [1.29, 1.82) is 0 Å². The molecule has 1 aromatic carbocycles. The van der Waals surface area contributed by atoms with Crippen LogP contribution in [0.1, 0.15) is 24.3 Å². The van der Waals surface area contributed by atoms with Gasteiger partial charge in [-0.05, 0) is 30.2 Å². The number of rotatable bonds is 5. The van der Waals surface area contributed by atoms with Crippen molar-refractivity contribution >= 4 is 43.7 Å². The first-order chi connectivity index (χ1) is 7.90. The van der Waals surface area contributed by atoms with E-state index in [0.717, 1.165) is 14.5 Å². The van der Waals surface area contributed by atoms with Crippen LogP contribution in [-0.4, -0.2) is 11.8 Å². The van der Waals surface area contributed by atoms with Crippen molar-refractivity contribution in [2.45, 2.75) is 18.8 Å². The molecule has 0 aliphatic heterocycles. The maximum Gasteiger partial charge on any atom is 0.224 e. The van der Waals surface area contributed by atoms with Crippen molar-refractivity contribution in [3.63, 3.8) is 0 Å². The van der Waals surface area contributed by atoms with E-state index < -0.39 is 17.7 Å². The highest BCUT2D eigenvalue weighted by molar-refractivity contribution is 9.11. The summed E-state index contributed by atoms with van der Waals surface area (Å²) in [6.45, 7) is 0. The van der Waals surface area contributed by atoms with Crippen LogP contribution in [0, 0.1) is 0 Å². The van der Waals surface area contributed by atoms with E-state index >= 15 is 0 Å². The summed E-state index contributed by atoms with van der Waals surface area (Å²) >= 11 is 6.67. The van der Waals surface area contributed by atoms with Crippen LogP contribution < -0.4 is 11.5 Å². The maximum absolute atomic E-state index is 11.4. The Balaban J connectivity index is 2.96. The summed E-state index contributed by atoms with van der Waals surface area (Å²) < 4.78 is 1.68. The van der Waals surface area contributed by atoms with Gasteiger partial charge in [0.05, 0.1) is 5.92 Å². The quantitative estimate of drug-likeness (QED) is 0.838. The fraction of sp³-hybridized carbons (Fsp3) is 0.273. The molecule has 1 aromatic rings. The van der Waals surface area contributed by atoms with E-state index in [4.69, 9.17) is 11.5 Å². The van der Waals surface area contributed by atoms with Gasteiger partial charge in [-0.25, -0.2) is 0 Å². The van der Waals surface area contributed by atoms with E-state index in [-0.39, 0.29) is 6.42 Å². The van der Waals surface area contributed by atoms with Crippen molar-refractivity contribution in [2.24, 2.45) is 11.5 Å². The summed E-state index contributed by atoms with van der Waals surface area (Å²) in [5.41, 5.74) is 11.2. The second-order valence-corrected chi connectivity index (χ2v) is 5.49. The highest BCUT2D eigenvalue weighted by Gasteiger charge is 2.19. The average molecular weight is 364 g/mol. The van der Waals surface area contributed by atoms with Gasteiger partial charge in [-0.1, -0.05) is 31.9 Å². The number of primary amides is 2. The van der Waals surface area contributed by atoms with Crippen molar-refractivity contribution in [3.8, 4) is 0 Å². The van der Waals surface area contributed by atoms with Crippen LogP contribution in [0.25, 0.3) is 0 Å². The number of benzene rings is 1. The zero-order valence-corrected chi connectivity index (χ0v) is 12.1. The molecule has 1 atom stereocenters. The van der Waals surface area contributed by atoms with Gasteiger partial charge in [-0.2, -0.15) is 0 Å². The largest absolute Gasteiger partial charge is 0.370 e. The molecule has 17 heavy (non-hydrogen) atoms. The van der Waals surface area contributed by atoms with Gasteiger partial charge in [0.2, 0.25) is 11.8 Å². The molecule has 0 saturated carbocycles. The number of carbonyl (C=O) groups excluding carboxylic acids is 2. The third kappa shape index (κ3) is 4.47. The Bertz CT molecular complexity index is 429. The Hall–Kier alpha value is -0.880. The van der Waals surface area contributed by atoms with E-state index in [2.05, 4.69) is 31.9 Å². The Kier molecular flexibility index (Phi) is 5.14. The second kappa shape index (κ2) is 6.16. The molecule has 92 valence electrons. The van der Waals surface area contributed by atoms with Crippen molar-refractivity contribution in [2.75, 3.05) is 0 Å². The van der Waals surface area contributed by atoms with E-state index in [1.54, 1.807) is 12.1 Å². The number of amides is 2.